The Labute approximate surface area is 99.3 Å². The molecule has 5 heteroatoms. The standard InChI is InChI=1S/C12H14N2O3/c1-9(7-10-5-3-2-4-6-10)17-14-11(15)8-13-12(14)16/h2-6,9H,7-8H2,1H3,(H,13,16). The highest BCUT2D eigenvalue weighted by Gasteiger charge is 2.31. The fourth-order valence-electron chi connectivity index (χ4n) is 1.68. The number of imide groups is 1. The Bertz CT molecular complexity index is 403. The number of nitrogens with one attached hydrogen (secondary N) is 1. The van der Waals surface area contributed by atoms with Gasteiger partial charge in [-0.1, -0.05) is 30.3 Å². The van der Waals surface area contributed by atoms with Gasteiger partial charge in [0.1, 0.15) is 6.54 Å². The SMILES string of the molecule is CC(Cc1ccccc1)ON1C(=O)CNC1=O. The molecule has 1 aliphatic rings. The van der Waals surface area contributed by atoms with Crippen LogP contribution in [-0.4, -0.2) is 29.7 Å². The van der Waals surface area contributed by atoms with E-state index in [0.717, 1.165) is 10.6 Å². The van der Waals surface area contributed by atoms with Gasteiger partial charge in [0.15, 0.2) is 0 Å². The number of hydrogen-bond acceptors (Lipinski definition) is 3. The third kappa shape index (κ3) is 2.82. The van der Waals surface area contributed by atoms with Crippen LogP contribution >= 0.6 is 0 Å². The van der Waals surface area contributed by atoms with Gasteiger partial charge in [0.05, 0.1) is 6.10 Å². The van der Waals surface area contributed by atoms with E-state index >= 15 is 0 Å². The van der Waals surface area contributed by atoms with Crippen molar-refractivity contribution >= 4 is 11.9 Å². The largest absolute Gasteiger partial charge is 0.349 e. The predicted octanol–water partition coefficient (Wildman–Crippen LogP) is 1.10. The van der Waals surface area contributed by atoms with Gasteiger partial charge in [-0.3, -0.25) is 9.63 Å². The minimum atomic E-state index is -0.491. The van der Waals surface area contributed by atoms with Crippen LogP contribution < -0.4 is 5.32 Å². The number of carbonyl (C=O) groups is 2. The summed E-state index contributed by atoms with van der Waals surface area (Å²) in [4.78, 5) is 27.8. The lowest BCUT2D eigenvalue weighted by atomic mass is 10.1. The Kier molecular flexibility index (Phi) is 3.39. The molecule has 1 aliphatic heterocycles. The van der Waals surface area contributed by atoms with E-state index in [4.69, 9.17) is 4.84 Å². The van der Waals surface area contributed by atoms with E-state index in [1.165, 1.54) is 0 Å². The topological polar surface area (TPSA) is 58.6 Å². The molecule has 0 radical (unpaired) electrons. The van der Waals surface area contributed by atoms with Crippen LogP contribution in [0.3, 0.4) is 0 Å². The van der Waals surface area contributed by atoms with E-state index < -0.39 is 6.03 Å². The zero-order chi connectivity index (χ0) is 12.3. The van der Waals surface area contributed by atoms with E-state index in [1.54, 1.807) is 0 Å². The van der Waals surface area contributed by atoms with E-state index in [2.05, 4.69) is 5.32 Å². The molecule has 2 rings (SSSR count). The molecule has 1 aromatic rings. The molecule has 0 bridgehead atoms. The van der Waals surface area contributed by atoms with Crippen LogP contribution in [0.2, 0.25) is 0 Å². The lowest BCUT2D eigenvalue weighted by Crippen LogP contribution is -2.35. The maximum Gasteiger partial charge on any atom is 0.349 e. The van der Waals surface area contributed by atoms with Gasteiger partial charge in [-0.2, -0.15) is 0 Å². The molecular formula is C12H14N2O3. The summed E-state index contributed by atoms with van der Waals surface area (Å²) in [6, 6.07) is 9.28. The highest BCUT2D eigenvalue weighted by molar-refractivity contribution is 6.00. The molecule has 5 nitrogen and oxygen atoms in total. The number of hydrogen-bond donors (Lipinski definition) is 1. The molecule has 17 heavy (non-hydrogen) atoms. The number of amides is 3. The molecule has 1 N–H and O–H groups in total. The molecule has 1 saturated heterocycles. The van der Waals surface area contributed by atoms with Crippen molar-refractivity contribution in [3.63, 3.8) is 0 Å². The fourth-order valence-corrected chi connectivity index (χ4v) is 1.68. The predicted molar refractivity (Wildman–Crippen MR) is 60.9 cm³/mol. The third-order valence-electron chi connectivity index (χ3n) is 2.45. The van der Waals surface area contributed by atoms with Crippen LogP contribution in [0.1, 0.15) is 12.5 Å². The maximum atomic E-state index is 11.3. The van der Waals surface area contributed by atoms with E-state index in [9.17, 15) is 9.59 Å². The number of carbonyl (C=O) groups excluding carboxylic acids is 2. The van der Waals surface area contributed by atoms with Gasteiger partial charge in [-0.25, -0.2) is 4.79 Å². The molecule has 1 heterocycles. The molecule has 90 valence electrons. The van der Waals surface area contributed by atoms with E-state index in [-0.39, 0.29) is 18.6 Å². The fraction of sp³-hybridized carbons (Fsp3) is 0.333. The molecule has 1 atom stereocenters. The highest BCUT2D eigenvalue weighted by Crippen LogP contribution is 2.09. The summed E-state index contributed by atoms with van der Waals surface area (Å²) in [6.45, 7) is 1.84. The van der Waals surface area contributed by atoms with Crippen LogP contribution in [-0.2, 0) is 16.1 Å². The monoisotopic (exact) mass is 234 g/mol. The second kappa shape index (κ2) is 4.97. The van der Waals surface area contributed by atoms with E-state index in [1.807, 2.05) is 37.3 Å². The lowest BCUT2D eigenvalue weighted by Gasteiger charge is -2.18. The Hall–Kier alpha value is -1.88. The Morgan fingerprint density at radius 2 is 2.06 bits per heavy atom. The highest BCUT2D eigenvalue weighted by atomic mass is 16.7. The van der Waals surface area contributed by atoms with Crippen molar-refractivity contribution in [3.8, 4) is 0 Å². The van der Waals surface area contributed by atoms with Crippen molar-refractivity contribution in [2.24, 2.45) is 0 Å². The molecule has 1 aromatic carbocycles. The molecule has 1 unspecified atom stereocenters. The smallest absolute Gasteiger partial charge is 0.327 e. The number of urea groups is 1. The number of benzene rings is 1. The lowest BCUT2D eigenvalue weighted by molar-refractivity contribution is -0.174. The van der Waals surface area contributed by atoms with Crippen LogP contribution in [0.15, 0.2) is 30.3 Å². The van der Waals surface area contributed by atoms with Gasteiger partial charge in [0.25, 0.3) is 5.91 Å². The summed E-state index contributed by atoms with van der Waals surface area (Å²) < 4.78 is 0. The van der Waals surface area contributed by atoms with Crippen molar-refractivity contribution in [1.82, 2.24) is 10.4 Å². The Balaban J connectivity index is 1.91. The van der Waals surface area contributed by atoms with Crippen molar-refractivity contribution in [2.75, 3.05) is 6.54 Å². The quantitative estimate of drug-likeness (QED) is 0.794. The zero-order valence-electron chi connectivity index (χ0n) is 9.55. The third-order valence-corrected chi connectivity index (χ3v) is 2.45. The molecule has 0 spiro atoms. The summed E-state index contributed by atoms with van der Waals surface area (Å²) in [5.41, 5.74) is 1.10. The molecule has 3 amide bonds. The van der Waals surface area contributed by atoms with Crippen LogP contribution in [0.4, 0.5) is 4.79 Å². The summed E-state index contributed by atoms with van der Waals surface area (Å²) >= 11 is 0. The van der Waals surface area contributed by atoms with E-state index in [0.29, 0.717) is 6.42 Å². The normalized spacial score (nSPS) is 17.1. The second-order valence-electron chi connectivity index (χ2n) is 3.95. The van der Waals surface area contributed by atoms with Gasteiger partial charge in [0.2, 0.25) is 0 Å². The van der Waals surface area contributed by atoms with Gasteiger partial charge in [0, 0.05) is 6.42 Å². The molecule has 0 saturated carbocycles. The summed E-state index contributed by atoms with van der Waals surface area (Å²) in [6.07, 6.45) is 0.419. The van der Waals surface area contributed by atoms with Crippen molar-refractivity contribution in [2.45, 2.75) is 19.4 Å². The molecule has 1 fully saturated rings. The molecular weight excluding hydrogens is 220 g/mol. The first-order chi connectivity index (χ1) is 8.16. The Morgan fingerprint density at radius 1 is 1.35 bits per heavy atom. The van der Waals surface area contributed by atoms with Gasteiger partial charge in [-0.15, -0.1) is 5.06 Å². The van der Waals surface area contributed by atoms with Gasteiger partial charge in [-0.05, 0) is 12.5 Å². The van der Waals surface area contributed by atoms with Crippen LogP contribution in [0.25, 0.3) is 0 Å². The first-order valence-corrected chi connectivity index (χ1v) is 5.48. The van der Waals surface area contributed by atoms with Gasteiger partial charge < -0.3 is 5.32 Å². The number of hydroxylamine groups is 2. The first-order valence-electron chi connectivity index (χ1n) is 5.48. The van der Waals surface area contributed by atoms with Crippen LogP contribution in [0, 0.1) is 0 Å². The maximum absolute atomic E-state index is 11.3. The van der Waals surface area contributed by atoms with Crippen LogP contribution in [0.5, 0.6) is 0 Å². The summed E-state index contributed by atoms with van der Waals surface area (Å²) in [7, 11) is 0. The second-order valence-corrected chi connectivity index (χ2v) is 3.95. The van der Waals surface area contributed by atoms with Crippen molar-refractivity contribution in [1.29, 1.82) is 0 Å². The first kappa shape index (κ1) is 11.6. The van der Waals surface area contributed by atoms with Gasteiger partial charge >= 0.3 is 6.03 Å². The zero-order valence-corrected chi connectivity index (χ0v) is 9.55. The minimum absolute atomic E-state index is 0.0108. The molecule has 0 aromatic heterocycles. The van der Waals surface area contributed by atoms with Crippen molar-refractivity contribution in [3.05, 3.63) is 35.9 Å². The van der Waals surface area contributed by atoms with Crippen molar-refractivity contribution < 1.29 is 14.4 Å². The summed E-state index contributed by atoms with van der Waals surface area (Å²) in [5.74, 6) is -0.352. The molecule has 0 aliphatic carbocycles. The Morgan fingerprint density at radius 3 is 2.65 bits per heavy atom. The number of nitrogens with zero attached hydrogens (tertiary/aromatic N) is 1. The minimum Gasteiger partial charge on any atom is -0.327 e. The average Bonchev–Trinajstić information content (AvgIpc) is 2.62. The average molecular weight is 234 g/mol. The summed E-state index contributed by atoms with van der Waals surface area (Å²) in [5, 5.41) is 3.20. The number of rotatable bonds is 4.